The van der Waals surface area contributed by atoms with E-state index >= 15 is 0 Å². The Labute approximate surface area is 139 Å². The predicted molar refractivity (Wildman–Crippen MR) is 93.4 cm³/mol. The third-order valence-electron chi connectivity index (χ3n) is 4.50. The van der Waals surface area contributed by atoms with Gasteiger partial charge < -0.3 is 10.2 Å². The van der Waals surface area contributed by atoms with E-state index < -0.39 is 5.41 Å². The number of nitrogens with zero attached hydrogens (tertiary/aromatic N) is 1. The number of carbonyl (C=O) groups excluding carboxylic acids is 2. The molecular formula is C19H28N2O2. The second-order valence-corrected chi connectivity index (χ2v) is 7.91. The topological polar surface area (TPSA) is 49.4 Å². The maximum atomic E-state index is 12.6. The average molecular weight is 316 g/mol. The molecular weight excluding hydrogens is 288 g/mol. The molecule has 1 heterocycles. The van der Waals surface area contributed by atoms with Crippen LogP contribution < -0.4 is 5.32 Å². The average Bonchev–Trinajstić information content (AvgIpc) is 3.00. The zero-order valence-electron chi connectivity index (χ0n) is 14.9. The SMILES string of the molecule is CC(C)(C(=O)Nc1ccc(C(C)(C)C)cc1)C(=O)N1CCCC1. The van der Waals surface area contributed by atoms with Crippen LogP contribution >= 0.6 is 0 Å². The molecule has 0 atom stereocenters. The molecule has 1 aromatic rings. The van der Waals surface area contributed by atoms with Crippen molar-refractivity contribution in [3.05, 3.63) is 29.8 Å². The van der Waals surface area contributed by atoms with E-state index in [9.17, 15) is 9.59 Å². The van der Waals surface area contributed by atoms with Crippen LogP contribution in [-0.4, -0.2) is 29.8 Å². The molecule has 0 saturated carbocycles. The van der Waals surface area contributed by atoms with Gasteiger partial charge in [-0.15, -0.1) is 0 Å². The Morgan fingerprint density at radius 2 is 1.48 bits per heavy atom. The highest BCUT2D eigenvalue weighted by molar-refractivity contribution is 6.09. The van der Waals surface area contributed by atoms with Gasteiger partial charge in [0.15, 0.2) is 0 Å². The highest BCUT2D eigenvalue weighted by Gasteiger charge is 2.39. The minimum Gasteiger partial charge on any atom is -0.342 e. The summed E-state index contributed by atoms with van der Waals surface area (Å²) in [6.45, 7) is 11.4. The van der Waals surface area contributed by atoms with Crippen LogP contribution in [0, 0.1) is 5.41 Å². The molecule has 2 rings (SSSR count). The number of nitrogens with one attached hydrogen (secondary N) is 1. The molecule has 1 aliphatic rings. The molecule has 0 radical (unpaired) electrons. The standard InChI is InChI=1S/C19H28N2O2/c1-18(2,3)14-8-10-15(11-9-14)20-16(22)19(4,5)17(23)21-12-6-7-13-21/h8-11H,6-7,12-13H2,1-5H3,(H,20,22). The quantitative estimate of drug-likeness (QED) is 0.867. The minimum absolute atomic E-state index is 0.0769. The van der Waals surface area contributed by atoms with Crippen LogP contribution in [0.3, 0.4) is 0 Å². The van der Waals surface area contributed by atoms with Crippen molar-refractivity contribution in [3.63, 3.8) is 0 Å². The van der Waals surface area contributed by atoms with Crippen LogP contribution in [-0.2, 0) is 15.0 Å². The maximum absolute atomic E-state index is 12.6. The van der Waals surface area contributed by atoms with Crippen molar-refractivity contribution in [1.82, 2.24) is 4.90 Å². The monoisotopic (exact) mass is 316 g/mol. The zero-order chi connectivity index (χ0) is 17.3. The normalized spacial score (nSPS) is 15.6. The first kappa shape index (κ1) is 17.5. The molecule has 0 aliphatic carbocycles. The summed E-state index contributed by atoms with van der Waals surface area (Å²) in [5, 5.41) is 2.88. The van der Waals surface area contributed by atoms with E-state index in [0.29, 0.717) is 0 Å². The molecule has 2 amide bonds. The highest BCUT2D eigenvalue weighted by Crippen LogP contribution is 2.26. The number of likely N-dealkylation sites (tertiary alicyclic amines) is 1. The van der Waals surface area contributed by atoms with Gasteiger partial charge in [0.1, 0.15) is 5.41 Å². The molecule has 1 fully saturated rings. The van der Waals surface area contributed by atoms with Crippen LogP contribution in [0.5, 0.6) is 0 Å². The lowest BCUT2D eigenvalue weighted by molar-refractivity contribution is -0.145. The molecule has 4 nitrogen and oxygen atoms in total. The van der Waals surface area contributed by atoms with E-state index in [1.165, 1.54) is 5.56 Å². The fraction of sp³-hybridized carbons (Fsp3) is 0.579. The van der Waals surface area contributed by atoms with E-state index in [2.05, 4.69) is 26.1 Å². The Morgan fingerprint density at radius 3 is 1.96 bits per heavy atom. The van der Waals surface area contributed by atoms with E-state index in [-0.39, 0.29) is 17.2 Å². The molecule has 0 unspecified atom stereocenters. The zero-order valence-corrected chi connectivity index (χ0v) is 14.9. The second-order valence-electron chi connectivity index (χ2n) is 7.91. The molecule has 1 aromatic carbocycles. The number of amides is 2. The fourth-order valence-electron chi connectivity index (χ4n) is 2.75. The van der Waals surface area contributed by atoms with Gasteiger partial charge in [0.25, 0.3) is 0 Å². The molecule has 1 N–H and O–H groups in total. The molecule has 126 valence electrons. The number of hydrogen-bond acceptors (Lipinski definition) is 2. The van der Waals surface area contributed by atoms with Crippen molar-refractivity contribution >= 4 is 17.5 Å². The number of anilines is 1. The Balaban J connectivity index is 2.06. The van der Waals surface area contributed by atoms with Crippen LogP contribution in [0.1, 0.15) is 53.0 Å². The summed E-state index contributed by atoms with van der Waals surface area (Å²) < 4.78 is 0. The van der Waals surface area contributed by atoms with Crippen molar-refractivity contribution in [2.45, 2.75) is 52.9 Å². The van der Waals surface area contributed by atoms with Crippen LogP contribution in [0.4, 0.5) is 5.69 Å². The van der Waals surface area contributed by atoms with Crippen molar-refractivity contribution in [2.24, 2.45) is 5.41 Å². The van der Waals surface area contributed by atoms with E-state index in [0.717, 1.165) is 31.6 Å². The number of benzene rings is 1. The van der Waals surface area contributed by atoms with Gasteiger partial charge in [-0.25, -0.2) is 0 Å². The molecule has 1 saturated heterocycles. The van der Waals surface area contributed by atoms with E-state index in [1.807, 2.05) is 24.3 Å². The van der Waals surface area contributed by atoms with Crippen molar-refractivity contribution in [2.75, 3.05) is 18.4 Å². The Kier molecular flexibility index (Phi) is 4.83. The van der Waals surface area contributed by atoms with Crippen molar-refractivity contribution < 1.29 is 9.59 Å². The Hall–Kier alpha value is -1.84. The Bertz CT molecular complexity index is 576. The summed E-state index contributed by atoms with van der Waals surface area (Å²) >= 11 is 0. The summed E-state index contributed by atoms with van der Waals surface area (Å²) in [6, 6.07) is 7.83. The first-order valence-corrected chi connectivity index (χ1v) is 8.34. The predicted octanol–water partition coefficient (Wildman–Crippen LogP) is 3.57. The van der Waals surface area contributed by atoms with Gasteiger partial charge in [0, 0.05) is 18.8 Å². The number of rotatable bonds is 3. The molecule has 0 bridgehead atoms. The van der Waals surface area contributed by atoms with Gasteiger partial charge in [-0.05, 0) is 49.8 Å². The first-order chi connectivity index (χ1) is 10.6. The lowest BCUT2D eigenvalue weighted by Crippen LogP contribution is -2.46. The molecule has 0 spiro atoms. The summed E-state index contributed by atoms with van der Waals surface area (Å²) in [6.07, 6.45) is 2.05. The maximum Gasteiger partial charge on any atom is 0.239 e. The van der Waals surface area contributed by atoms with Gasteiger partial charge in [0.05, 0.1) is 0 Å². The number of hydrogen-bond donors (Lipinski definition) is 1. The summed E-state index contributed by atoms with van der Waals surface area (Å²) in [7, 11) is 0. The third kappa shape index (κ3) is 3.92. The smallest absolute Gasteiger partial charge is 0.239 e. The van der Waals surface area contributed by atoms with Gasteiger partial charge in [-0.3, -0.25) is 9.59 Å². The van der Waals surface area contributed by atoms with Crippen molar-refractivity contribution in [1.29, 1.82) is 0 Å². The lowest BCUT2D eigenvalue weighted by atomic mass is 9.87. The summed E-state index contributed by atoms with van der Waals surface area (Å²) in [5.41, 5.74) is 0.966. The van der Waals surface area contributed by atoms with Crippen LogP contribution in [0.15, 0.2) is 24.3 Å². The summed E-state index contributed by atoms with van der Waals surface area (Å²) in [4.78, 5) is 26.9. The largest absolute Gasteiger partial charge is 0.342 e. The van der Waals surface area contributed by atoms with Crippen LogP contribution in [0.2, 0.25) is 0 Å². The second kappa shape index (κ2) is 6.34. The number of carbonyl (C=O) groups is 2. The van der Waals surface area contributed by atoms with Gasteiger partial charge in [-0.2, -0.15) is 0 Å². The van der Waals surface area contributed by atoms with Gasteiger partial charge >= 0.3 is 0 Å². The van der Waals surface area contributed by atoms with Gasteiger partial charge in [-0.1, -0.05) is 32.9 Å². The van der Waals surface area contributed by atoms with Gasteiger partial charge in [0.2, 0.25) is 11.8 Å². The highest BCUT2D eigenvalue weighted by atomic mass is 16.2. The fourth-order valence-corrected chi connectivity index (χ4v) is 2.75. The molecule has 1 aliphatic heterocycles. The molecule has 0 aromatic heterocycles. The van der Waals surface area contributed by atoms with Crippen molar-refractivity contribution in [3.8, 4) is 0 Å². The van der Waals surface area contributed by atoms with E-state index in [1.54, 1.807) is 18.7 Å². The van der Waals surface area contributed by atoms with E-state index in [4.69, 9.17) is 0 Å². The lowest BCUT2D eigenvalue weighted by Gasteiger charge is -2.28. The first-order valence-electron chi connectivity index (χ1n) is 8.34. The van der Waals surface area contributed by atoms with Crippen LogP contribution in [0.25, 0.3) is 0 Å². The third-order valence-corrected chi connectivity index (χ3v) is 4.50. The molecule has 23 heavy (non-hydrogen) atoms. The molecule has 4 heteroatoms. The summed E-state index contributed by atoms with van der Waals surface area (Å²) in [5.74, 6) is -0.336. The minimum atomic E-state index is -1.05. The Morgan fingerprint density at radius 1 is 0.957 bits per heavy atom.